The lowest BCUT2D eigenvalue weighted by Crippen LogP contribution is -2.40. The second-order valence-corrected chi connectivity index (χ2v) is 7.17. The van der Waals surface area contributed by atoms with Crippen LogP contribution in [0.25, 0.3) is 0 Å². The minimum Gasteiger partial charge on any atom is -0.497 e. The number of ether oxygens (including phenoxy) is 1. The molecule has 8 heteroatoms. The van der Waals surface area contributed by atoms with Crippen LogP contribution in [-0.4, -0.2) is 52.3 Å². The smallest absolute Gasteiger partial charge is 0.320 e. The molecule has 0 aliphatic carbocycles. The number of aromatic amines is 1. The number of methoxy groups -OCH3 is 1. The Labute approximate surface area is 173 Å². The number of carbonyl (C=O) groups is 1. The molecule has 0 unspecified atom stereocenters. The molecule has 1 aliphatic heterocycles. The summed E-state index contributed by atoms with van der Waals surface area (Å²) in [7, 11) is 1.59. The van der Waals surface area contributed by atoms with E-state index in [9.17, 15) is 9.59 Å². The van der Waals surface area contributed by atoms with Crippen molar-refractivity contribution in [3.63, 3.8) is 0 Å². The van der Waals surface area contributed by atoms with Gasteiger partial charge in [-0.1, -0.05) is 30.3 Å². The summed E-state index contributed by atoms with van der Waals surface area (Å²) in [6.07, 6.45) is 3.24. The van der Waals surface area contributed by atoms with Gasteiger partial charge in [0.1, 0.15) is 5.75 Å². The molecule has 1 aromatic heterocycles. The molecule has 0 bridgehead atoms. The highest BCUT2D eigenvalue weighted by atomic mass is 16.5. The molecule has 0 saturated carbocycles. The van der Waals surface area contributed by atoms with Gasteiger partial charge in [-0.15, -0.1) is 9.89 Å². The summed E-state index contributed by atoms with van der Waals surface area (Å²) in [5.74, 6) is 0.802. The standard InChI is InChI=1S/C22H23N5O3/c1-30-19-9-7-16(8-10-19)15-23-27-22(29)20(24-25-27)21(28)26-13-11-18(12-14-26)17-5-3-2-4-6-17/h2-10,15,18,25H,11-14H2,1H3. The lowest BCUT2D eigenvalue weighted by molar-refractivity contribution is 0.0705. The van der Waals surface area contributed by atoms with Crippen LogP contribution in [0.1, 0.15) is 40.4 Å². The van der Waals surface area contributed by atoms with Gasteiger partial charge < -0.3 is 9.64 Å². The summed E-state index contributed by atoms with van der Waals surface area (Å²) in [4.78, 5) is 28.0. The minimum atomic E-state index is -0.560. The first-order valence-electron chi connectivity index (χ1n) is 9.86. The highest BCUT2D eigenvalue weighted by molar-refractivity contribution is 5.92. The molecule has 1 amide bonds. The lowest BCUT2D eigenvalue weighted by Gasteiger charge is -2.31. The van der Waals surface area contributed by atoms with Gasteiger partial charge in [0, 0.05) is 13.1 Å². The van der Waals surface area contributed by atoms with E-state index >= 15 is 0 Å². The zero-order valence-corrected chi connectivity index (χ0v) is 16.7. The van der Waals surface area contributed by atoms with Crippen LogP contribution in [0.2, 0.25) is 0 Å². The Bertz CT molecular complexity index is 1080. The summed E-state index contributed by atoms with van der Waals surface area (Å²) >= 11 is 0. The molecule has 1 N–H and O–H groups in total. The fourth-order valence-electron chi connectivity index (χ4n) is 3.61. The van der Waals surface area contributed by atoms with Crippen LogP contribution in [0, 0.1) is 0 Å². The maximum Gasteiger partial charge on any atom is 0.320 e. The molecule has 2 aromatic carbocycles. The van der Waals surface area contributed by atoms with Crippen molar-refractivity contribution >= 4 is 12.1 Å². The SMILES string of the molecule is COc1ccc(C=Nn2[nH]nc(C(=O)N3CCC(c4ccccc4)CC3)c2=O)cc1. The number of piperidine rings is 1. The number of H-pyrrole nitrogens is 1. The van der Waals surface area contributed by atoms with Crippen LogP contribution in [0.5, 0.6) is 5.75 Å². The van der Waals surface area contributed by atoms with Crippen molar-refractivity contribution in [3.8, 4) is 5.75 Å². The van der Waals surface area contributed by atoms with Gasteiger partial charge in [0.2, 0.25) is 5.69 Å². The molecule has 1 fully saturated rings. The van der Waals surface area contributed by atoms with Crippen LogP contribution in [-0.2, 0) is 0 Å². The summed E-state index contributed by atoms with van der Waals surface area (Å²) in [6.45, 7) is 1.19. The summed E-state index contributed by atoms with van der Waals surface area (Å²) in [6, 6.07) is 17.5. The van der Waals surface area contributed by atoms with E-state index in [0.29, 0.717) is 19.0 Å². The van der Waals surface area contributed by atoms with Crippen molar-refractivity contribution in [3.05, 3.63) is 81.8 Å². The number of nitrogens with one attached hydrogen (secondary N) is 1. The number of likely N-dealkylation sites (tertiary alicyclic amines) is 1. The van der Waals surface area contributed by atoms with Crippen LogP contribution in [0.4, 0.5) is 0 Å². The third-order valence-electron chi connectivity index (χ3n) is 5.35. The van der Waals surface area contributed by atoms with Gasteiger partial charge in [-0.05, 0) is 54.2 Å². The normalized spacial score (nSPS) is 14.9. The maximum absolute atomic E-state index is 12.8. The minimum absolute atomic E-state index is 0.139. The van der Waals surface area contributed by atoms with E-state index in [2.05, 4.69) is 27.5 Å². The number of hydrogen-bond acceptors (Lipinski definition) is 5. The van der Waals surface area contributed by atoms with E-state index in [1.807, 2.05) is 30.3 Å². The van der Waals surface area contributed by atoms with Crippen LogP contribution < -0.4 is 10.3 Å². The Morgan fingerprint density at radius 3 is 2.50 bits per heavy atom. The molecule has 0 spiro atoms. The van der Waals surface area contributed by atoms with E-state index in [0.717, 1.165) is 28.9 Å². The quantitative estimate of drug-likeness (QED) is 0.660. The highest BCUT2D eigenvalue weighted by Crippen LogP contribution is 2.28. The second kappa shape index (κ2) is 8.77. The predicted octanol–water partition coefficient (Wildman–Crippen LogP) is 2.48. The molecule has 1 aliphatic rings. The van der Waals surface area contributed by atoms with Crippen LogP contribution in [0.3, 0.4) is 0 Å². The largest absolute Gasteiger partial charge is 0.497 e. The van der Waals surface area contributed by atoms with E-state index in [-0.39, 0.29) is 11.6 Å². The van der Waals surface area contributed by atoms with E-state index in [1.165, 1.54) is 11.8 Å². The van der Waals surface area contributed by atoms with E-state index in [1.54, 1.807) is 24.1 Å². The Morgan fingerprint density at radius 1 is 1.13 bits per heavy atom. The Morgan fingerprint density at radius 2 is 1.83 bits per heavy atom. The van der Waals surface area contributed by atoms with Gasteiger partial charge in [-0.3, -0.25) is 9.59 Å². The first-order valence-corrected chi connectivity index (χ1v) is 9.86. The molecular formula is C22H23N5O3. The fourth-order valence-corrected chi connectivity index (χ4v) is 3.61. The number of rotatable bonds is 5. The average molecular weight is 405 g/mol. The third kappa shape index (κ3) is 4.17. The summed E-state index contributed by atoms with van der Waals surface area (Å²) in [5.41, 5.74) is 1.38. The number of hydrogen-bond donors (Lipinski definition) is 1. The molecule has 1 saturated heterocycles. The molecule has 8 nitrogen and oxygen atoms in total. The van der Waals surface area contributed by atoms with Crippen molar-refractivity contribution in [1.29, 1.82) is 0 Å². The molecule has 0 radical (unpaired) electrons. The third-order valence-corrected chi connectivity index (χ3v) is 5.35. The topological polar surface area (TPSA) is 92.6 Å². The van der Waals surface area contributed by atoms with E-state index < -0.39 is 5.56 Å². The predicted molar refractivity (Wildman–Crippen MR) is 113 cm³/mol. The average Bonchev–Trinajstić information content (AvgIpc) is 3.18. The maximum atomic E-state index is 12.8. The first kappa shape index (κ1) is 19.6. The van der Waals surface area contributed by atoms with Crippen LogP contribution in [0.15, 0.2) is 64.5 Å². The Kier molecular flexibility index (Phi) is 5.74. The van der Waals surface area contributed by atoms with Gasteiger partial charge in [-0.2, -0.15) is 10.3 Å². The zero-order valence-electron chi connectivity index (χ0n) is 16.7. The molecule has 3 aromatic rings. The molecule has 154 valence electrons. The number of nitrogens with zero attached hydrogens (tertiary/aromatic N) is 4. The Balaban J connectivity index is 1.41. The van der Waals surface area contributed by atoms with Gasteiger partial charge in [0.25, 0.3) is 5.91 Å². The van der Waals surface area contributed by atoms with Crippen molar-refractivity contribution < 1.29 is 9.53 Å². The van der Waals surface area contributed by atoms with Crippen molar-refractivity contribution in [2.75, 3.05) is 20.2 Å². The number of amides is 1. The molecular weight excluding hydrogens is 382 g/mol. The number of carbonyl (C=O) groups excluding carboxylic acids is 1. The number of benzene rings is 2. The van der Waals surface area contributed by atoms with Gasteiger partial charge in [-0.25, -0.2) is 0 Å². The fraction of sp³-hybridized carbons (Fsp3) is 0.273. The summed E-state index contributed by atoms with van der Waals surface area (Å²) in [5, 5.41) is 10.5. The molecule has 2 heterocycles. The summed E-state index contributed by atoms with van der Waals surface area (Å²) < 4.78 is 5.11. The van der Waals surface area contributed by atoms with Gasteiger partial charge >= 0.3 is 5.56 Å². The second-order valence-electron chi connectivity index (χ2n) is 7.17. The van der Waals surface area contributed by atoms with Gasteiger partial charge in [0.15, 0.2) is 0 Å². The van der Waals surface area contributed by atoms with Crippen LogP contribution >= 0.6 is 0 Å². The van der Waals surface area contributed by atoms with Crippen molar-refractivity contribution in [2.24, 2.45) is 5.10 Å². The first-order chi connectivity index (χ1) is 14.7. The zero-order chi connectivity index (χ0) is 20.9. The highest BCUT2D eigenvalue weighted by Gasteiger charge is 2.28. The lowest BCUT2D eigenvalue weighted by atomic mass is 9.89. The molecule has 30 heavy (non-hydrogen) atoms. The van der Waals surface area contributed by atoms with Crippen molar-refractivity contribution in [1.82, 2.24) is 20.0 Å². The monoisotopic (exact) mass is 405 g/mol. The van der Waals surface area contributed by atoms with Crippen molar-refractivity contribution in [2.45, 2.75) is 18.8 Å². The Hall–Kier alpha value is -3.68. The van der Waals surface area contributed by atoms with Gasteiger partial charge in [0.05, 0.1) is 13.3 Å². The molecule has 4 rings (SSSR count). The molecule has 0 atom stereocenters. The van der Waals surface area contributed by atoms with E-state index in [4.69, 9.17) is 4.74 Å². The number of aromatic nitrogens is 3.